The summed E-state index contributed by atoms with van der Waals surface area (Å²) in [5.41, 5.74) is 0. The maximum Gasteiger partial charge on any atom is 0.0571 e. The summed E-state index contributed by atoms with van der Waals surface area (Å²) in [5, 5.41) is 0. The monoisotopic (exact) mass is 186 g/mol. The molecular formula is C12H26O. The molecule has 1 unspecified atom stereocenters. The topological polar surface area (TPSA) is 9.23 Å². The third kappa shape index (κ3) is 8.29. The number of hydrogen-bond acceptors (Lipinski definition) is 1. The fraction of sp³-hybridized carbons (Fsp3) is 1.00. The van der Waals surface area contributed by atoms with Gasteiger partial charge in [0.05, 0.1) is 6.10 Å². The van der Waals surface area contributed by atoms with Gasteiger partial charge < -0.3 is 4.74 Å². The molecule has 0 saturated carbocycles. The molecule has 13 heavy (non-hydrogen) atoms. The largest absolute Gasteiger partial charge is 0.381 e. The lowest BCUT2D eigenvalue weighted by atomic mass is 10.0. The molecule has 0 spiro atoms. The second kappa shape index (κ2) is 8.55. The van der Waals surface area contributed by atoms with Gasteiger partial charge in [0, 0.05) is 7.11 Å². The van der Waals surface area contributed by atoms with Gasteiger partial charge in [-0.2, -0.15) is 0 Å². The van der Waals surface area contributed by atoms with Crippen molar-refractivity contribution in [2.24, 2.45) is 5.92 Å². The maximum absolute atomic E-state index is 5.45. The Morgan fingerprint density at radius 3 is 2.15 bits per heavy atom. The summed E-state index contributed by atoms with van der Waals surface area (Å²) in [6.07, 6.45) is 8.27. The van der Waals surface area contributed by atoms with Crippen LogP contribution in [0.15, 0.2) is 0 Å². The zero-order valence-corrected chi connectivity index (χ0v) is 9.81. The van der Waals surface area contributed by atoms with E-state index in [1.54, 1.807) is 0 Å². The van der Waals surface area contributed by atoms with E-state index in [0.29, 0.717) is 6.10 Å². The normalized spacial score (nSPS) is 13.6. The molecule has 0 aliphatic carbocycles. The molecule has 0 amide bonds. The van der Waals surface area contributed by atoms with Gasteiger partial charge in [0.15, 0.2) is 0 Å². The Bertz CT molecular complexity index is 99.3. The lowest BCUT2D eigenvalue weighted by molar-refractivity contribution is 0.0809. The Morgan fingerprint density at radius 2 is 1.69 bits per heavy atom. The third-order valence-electron chi connectivity index (χ3n) is 2.53. The van der Waals surface area contributed by atoms with E-state index in [9.17, 15) is 0 Å². The average molecular weight is 186 g/mol. The summed E-state index contributed by atoms with van der Waals surface area (Å²) < 4.78 is 5.45. The van der Waals surface area contributed by atoms with Crippen molar-refractivity contribution in [3.63, 3.8) is 0 Å². The molecule has 0 aliphatic rings. The zero-order chi connectivity index (χ0) is 10.1. The highest BCUT2D eigenvalue weighted by Gasteiger charge is 2.07. The highest BCUT2D eigenvalue weighted by molar-refractivity contribution is 4.59. The van der Waals surface area contributed by atoms with Crippen molar-refractivity contribution < 1.29 is 4.74 Å². The van der Waals surface area contributed by atoms with E-state index in [1.807, 2.05) is 7.11 Å². The van der Waals surface area contributed by atoms with Gasteiger partial charge in [-0.15, -0.1) is 0 Å². The zero-order valence-electron chi connectivity index (χ0n) is 9.81. The third-order valence-corrected chi connectivity index (χ3v) is 2.53. The van der Waals surface area contributed by atoms with Crippen molar-refractivity contribution >= 4 is 0 Å². The van der Waals surface area contributed by atoms with Gasteiger partial charge in [0.1, 0.15) is 0 Å². The average Bonchev–Trinajstić information content (AvgIpc) is 2.10. The van der Waals surface area contributed by atoms with Crippen LogP contribution in [-0.4, -0.2) is 13.2 Å². The van der Waals surface area contributed by atoms with E-state index in [0.717, 1.165) is 5.92 Å². The van der Waals surface area contributed by atoms with Gasteiger partial charge >= 0.3 is 0 Å². The highest BCUT2D eigenvalue weighted by Crippen LogP contribution is 2.14. The molecule has 0 rings (SSSR count). The lowest BCUT2D eigenvalue weighted by Gasteiger charge is -2.15. The van der Waals surface area contributed by atoms with Crippen LogP contribution in [0.2, 0.25) is 0 Å². The molecule has 80 valence electrons. The van der Waals surface area contributed by atoms with Crippen molar-refractivity contribution in [1.82, 2.24) is 0 Å². The predicted octanol–water partition coefficient (Wildman–Crippen LogP) is 4.02. The predicted molar refractivity (Wildman–Crippen MR) is 59.0 cm³/mol. The minimum absolute atomic E-state index is 0.508. The highest BCUT2D eigenvalue weighted by atomic mass is 16.5. The van der Waals surface area contributed by atoms with Crippen molar-refractivity contribution in [2.45, 2.75) is 65.4 Å². The van der Waals surface area contributed by atoms with Crippen molar-refractivity contribution in [2.75, 3.05) is 7.11 Å². The Morgan fingerprint density at radius 1 is 1.00 bits per heavy atom. The minimum Gasteiger partial charge on any atom is -0.381 e. The van der Waals surface area contributed by atoms with Crippen LogP contribution in [0.5, 0.6) is 0 Å². The van der Waals surface area contributed by atoms with Crippen LogP contribution in [0, 0.1) is 5.92 Å². The molecule has 0 aromatic rings. The van der Waals surface area contributed by atoms with Crippen LogP contribution in [0.1, 0.15) is 59.3 Å². The molecule has 0 N–H and O–H groups in total. The molecule has 0 radical (unpaired) electrons. The van der Waals surface area contributed by atoms with Crippen molar-refractivity contribution in [1.29, 1.82) is 0 Å². The maximum atomic E-state index is 5.45. The molecule has 0 aromatic carbocycles. The Hall–Kier alpha value is -0.0400. The van der Waals surface area contributed by atoms with Crippen LogP contribution >= 0.6 is 0 Å². The first kappa shape index (κ1) is 13.0. The van der Waals surface area contributed by atoms with Crippen LogP contribution in [0.4, 0.5) is 0 Å². The summed E-state index contributed by atoms with van der Waals surface area (Å²) in [7, 11) is 1.84. The molecular weight excluding hydrogens is 160 g/mol. The van der Waals surface area contributed by atoms with E-state index in [4.69, 9.17) is 4.74 Å². The molecule has 0 heterocycles. The quantitative estimate of drug-likeness (QED) is 0.520. The minimum atomic E-state index is 0.508. The van der Waals surface area contributed by atoms with E-state index in [-0.39, 0.29) is 0 Å². The lowest BCUT2D eigenvalue weighted by Crippen LogP contribution is -2.11. The first-order chi connectivity index (χ1) is 6.20. The van der Waals surface area contributed by atoms with E-state index >= 15 is 0 Å². The number of hydrogen-bond donors (Lipinski definition) is 0. The van der Waals surface area contributed by atoms with E-state index < -0.39 is 0 Å². The van der Waals surface area contributed by atoms with E-state index in [1.165, 1.54) is 38.5 Å². The van der Waals surface area contributed by atoms with Crippen LogP contribution < -0.4 is 0 Å². The number of ether oxygens (including phenoxy) is 1. The van der Waals surface area contributed by atoms with Gasteiger partial charge in [-0.3, -0.25) is 0 Å². The van der Waals surface area contributed by atoms with Gasteiger partial charge in [-0.25, -0.2) is 0 Å². The van der Waals surface area contributed by atoms with Gasteiger partial charge in [-0.1, -0.05) is 40.0 Å². The van der Waals surface area contributed by atoms with Gasteiger partial charge in [-0.05, 0) is 25.2 Å². The standard InChI is InChI=1S/C12H26O/c1-5-6-7-8-12(13-4)10-9-11(2)3/h11-12H,5-10H2,1-4H3. The molecule has 1 heteroatoms. The molecule has 0 fully saturated rings. The van der Waals surface area contributed by atoms with Gasteiger partial charge in [0.2, 0.25) is 0 Å². The van der Waals surface area contributed by atoms with Gasteiger partial charge in [0.25, 0.3) is 0 Å². The SMILES string of the molecule is CCCCCC(CCC(C)C)OC. The molecule has 0 bridgehead atoms. The van der Waals surface area contributed by atoms with Crippen LogP contribution in [0.25, 0.3) is 0 Å². The molecule has 1 atom stereocenters. The Labute approximate surface area is 83.9 Å². The first-order valence-corrected chi connectivity index (χ1v) is 5.73. The second-order valence-electron chi connectivity index (χ2n) is 4.32. The summed E-state index contributed by atoms with van der Waals surface area (Å²) in [4.78, 5) is 0. The summed E-state index contributed by atoms with van der Waals surface area (Å²) in [5.74, 6) is 0.809. The number of rotatable bonds is 8. The second-order valence-corrected chi connectivity index (χ2v) is 4.32. The molecule has 0 aromatic heterocycles. The summed E-state index contributed by atoms with van der Waals surface area (Å²) in [6, 6.07) is 0. The summed E-state index contributed by atoms with van der Waals surface area (Å²) in [6.45, 7) is 6.80. The number of unbranched alkanes of at least 4 members (excludes halogenated alkanes) is 2. The van der Waals surface area contributed by atoms with Crippen molar-refractivity contribution in [3.05, 3.63) is 0 Å². The molecule has 1 nitrogen and oxygen atoms in total. The smallest absolute Gasteiger partial charge is 0.0571 e. The molecule has 0 saturated heterocycles. The van der Waals surface area contributed by atoms with Crippen LogP contribution in [0.3, 0.4) is 0 Å². The molecule has 0 aliphatic heterocycles. The summed E-state index contributed by atoms with van der Waals surface area (Å²) >= 11 is 0. The fourth-order valence-electron chi connectivity index (χ4n) is 1.52. The van der Waals surface area contributed by atoms with Crippen LogP contribution in [-0.2, 0) is 4.74 Å². The fourth-order valence-corrected chi connectivity index (χ4v) is 1.52. The Kier molecular flexibility index (Phi) is 8.53. The van der Waals surface area contributed by atoms with Crippen molar-refractivity contribution in [3.8, 4) is 0 Å². The van der Waals surface area contributed by atoms with E-state index in [2.05, 4.69) is 20.8 Å². The Balaban J connectivity index is 3.39. The first-order valence-electron chi connectivity index (χ1n) is 5.73. The number of methoxy groups -OCH3 is 1.